The second-order valence-electron chi connectivity index (χ2n) is 4.48. The fourth-order valence-corrected chi connectivity index (χ4v) is 3.10. The maximum Gasteiger partial charge on any atom is 0.242 e. The number of rotatable bonds is 6. The number of benzene rings is 2. The van der Waals surface area contributed by atoms with Crippen LogP contribution in [-0.4, -0.2) is 15.0 Å². The molecule has 0 radical (unpaired) electrons. The average molecular weight is 308 g/mol. The van der Waals surface area contributed by atoms with Crippen molar-refractivity contribution in [3.63, 3.8) is 0 Å². The van der Waals surface area contributed by atoms with E-state index >= 15 is 0 Å². The molecule has 0 bridgehead atoms. The molecule has 0 aliphatic carbocycles. The van der Waals surface area contributed by atoms with Crippen LogP contribution in [0.15, 0.2) is 53.4 Å². The lowest BCUT2D eigenvalue weighted by Gasteiger charge is -2.12. The van der Waals surface area contributed by atoms with Gasteiger partial charge in [0.05, 0.1) is 5.69 Å². The molecule has 0 atom stereocenters. The predicted molar refractivity (Wildman–Crippen MR) is 81.0 cm³/mol. The normalized spacial score (nSPS) is 11.3. The second kappa shape index (κ2) is 6.69. The molecule has 0 fully saturated rings. The Morgan fingerprint density at radius 1 is 1.05 bits per heavy atom. The number of anilines is 1. The molecule has 0 heterocycles. The minimum Gasteiger partial charge on any atom is -0.384 e. The highest BCUT2D eigenvalue weighted by Crippen LogP contribution is 2.20. The molecule has 0 spiro atoms. The van der Waals surface area contributed by atoms with Crippen molar-refractivity contribution in [2.24, 2.45) is 0 Å². The van der Waals surface area contributed by atoms with Gasteiger partial charge in [-0.3, -0.25) is 0 Å². The molecule has 0 saturated carbocycles. The molecule has 0 aliphatic rings. The van der Waals surface area contributed by atoms with Gasteiger partial charge in [-0.1, -0.05) is 24.3 Å². The molecular formula is C15H17FN2O2S. The van der Waals surface area contributed by atoms with Gasteiger partial charge in [0.25, 0.3) is 0 Å². The molecule has 2 rings (SSSR count). The van der Waals surface area contributed by atoms with Crippen molar-refractivity contribution in [1.82, 2.24) is 4.72 Å². The highest BCUT2D eigenvalue weighted by molar-refractivity contribution is 7.89. The van der Waals surface area contributed by atoms with Gasteiger partial charge >= 0.3 is 0 Å². The van der Waals surface area contributed by atoms with Crippen molar-refractivity contribution < 1.29 is 12.8 Å². The maximum absolute atomic E-state index is 12.8. The molecular weight excluding hydrogens is 291 g/mol. The summed E-state index contributed by atoms with van der Waals surface area (Å²) in [5.74, 6) is -0.348. The van der Waals surface area contributed by atoms with Gasteiger partial charge in [-0.15, -0.1) is 0 Å². The Kier molecular flexibility index (Phi) is 4.93. The van der Waals surface area contributed by atoms with Gasteiger partial charge in [0.15, 0.2) is 0 Å². The quantitative estimate of drug-likeness (QED) is 0.862. The van der Waals surface area contributed by atoms with Crippen molar-refractivity contribution in [3.05, 3.63) is 59.9 Å². The van der Waals surface area contributed by atoms with E-state index in [0.29, 0.717) is 17.8 Å². The van der Waals surface area contributed by atoms with Gasteiger partial charge in [0.2, 0.25) is 10.0 Å². The molecule has 112 valence electrons. The molecule has 2 aromatic rings. The number of nitrogens with one attached hydrogen (secondary N) is 2. The molecule has 2 N–H and O–H groups in total. The van der Waals surface area contributed by atoms with Crippen LogP contribution in [0.25, 0.3) is 0 Å². The third-order valence-corrected chi connectivity index (χ3v) is 4.38. The first-order valence-corrected chi connectivity index (χ1v) is 8.08. The van der Waals surface area contributed by atoms with Gasteiger partial charge in [0.1, 0.15) is 10.7 Å². The monoisotopic (exact) mass is 308 g/mol. The van der Waals surface area contributed by atoms with E-state index in [1.54, 1.807) is 36.4 Å². The highest BCUT2D eigenvalue weighted by atomic mass is 32.2. The van der Waals surface area contributed by atoms with E-state index in [-0.39, 0.29) is 17.3 Å². The van der Waals surface area contributed by atoms with E-state index in [1.165, 1.54) is 12.1 Å². The van der Waals surface area contributed by atoms with E-state index in [4.69, 9.17) is 0 Å². The standard InChI is InChI=1S/C15H17FN2O2S/c1-2-17-14-5-3-4-6-15(14)21(19,20)18-11-12-7-9-13(16)10-8-12/h3-10,17-18H,2,11H2,1H3. The molecule has 4 nitrogen and oxygen atoms in total. The summed E-state index contributed by atoms with van der Waals surface area (Å²) in [7, 11) is -3.63. The van der Waals surface area contributed by atoms with Crippen molar-refractivity contribution in [1.29, 1.82) is 0 Å². The average Bonchev–Trinajstić information content (AvgIpc) is 2.47. The summed E-state index contributed by atoms with van der Waals surface area (Å²) in [4.78, 5) is 0.203. The number of hydrogen-bond donors (Lipinski definition) is 2. The van der Waals surface area contributed by atoms with E-state index in [2.05, 4.69) is 10.0 Å². The van der Waals surface area contributed by atoms with E-state index in [1.807, 2.05) is 6.92 Å². The predicted octanol–water partition coefficient (Wildman–Crippen LogP) is 2.74. The smallest absolute Gasteiger partial charge is 0.242 e. The number of halogens is 1. The molecule has 0 saturated heterocycles. The zero-order chi connectivity index (χ0) is 15.3. The summed E-state index contributed by atoms with van der Waals surface area (Å²) in [6.45, 7) is 2.64. The van der Waals surface area contributed by atoms with Crippen LogP contribution in [0.2, 0.25) is 0 Å². The van der Waals surface area contributed by atoms with Crippen molar-refractivity contribution in [2.45, 2.75) is 18.4 Å². The van der Waals surface area contributed by atoms with Crippen LogP contribution in [-0.2, 0) is 16.6 Å². The summed E-state index contributed by atoms with van der Waals surface area (Å²) < 4.78 is 40.0. The summed E-state index contributed by atoms with van der Waals surface area (Å²) in [6.07, 6.45) is 0. The van der Waals surface area contributed by atoms with E-state index in [9.17, 15) is 12.8 Å². The minimum atomic E-state index is -3.63. The lowest BCUT2D eigenvalue weighted by molar-refractivity contribution is 0.581. The number of para-hydroxylation sites is 1. The van der Waals surface area contributed by atoms with Gasteiger partial charge in [0, 0.05) is 13.1 Å². The van der Waals surface area contributed by atoms with Crippen LogP contribution in [0.5, 0.6) is 0 Å². The highest BCUT2D eigenvalue weighted by Gasteiger charge is 2.17. The maximum atomic E-state index is 12.8. The van der Waals surface area contributed by atoms with Crippen LogP contribution >= 0.6 is 0 Å². The van der Waals surface area contributed by atoms with Gasteiger partial charge in [-0.2, -0.15) is 0 Å². The summed E-state index contributed by atoms with van der Waals surface area (Å²) in [6, 6.07) is 12.4. The minimum absolute atomic E-state index is 0.114. The molecule has 0 amide bonds. The molecule has 21 heavy (non-hydrogen) atoms. The first kappa shape index (κ1) is 15.5. The van der Waals surface area contributed by atoms with E-state index < -0.39 is 10.0 Å². The van der Waals surface area contributed by atoms with Gasteiger partial charge in [-0.25, -0.2) is 17.5 Å². The number of sulfonamides is 1. The third-order valence-electron chi connectivity index (χ3n) is 2.92. The molecule has 0 unspecified atom stereocenters. The Hall–Kier alpha value is -1.92. The first-order valence-electron chi connectivity index (χ1n) is 6.60. The van der Waals surface area contributed by atoms with Crippen molar-refractivity contribution in [2.75, 3.05) is 11.9 Å². The molecule has 6 heteroatoms. The van der Waals surface area contributed by atoms with Crippen molar-refractivity contribution >= 4 is 15.7 Å². The first-order chi connectivity index (χ1) is 10.0. The summed E-state index contributed by atoms with van der Waals surface area (Å²) in [5, 5.41) is 3.02. The lowest BCUT2D eigenvalue weighted by Crippen LogP contribution is -2.24. The summed E-state index contributed by atoms with van der Waals surface area (Å²) >= 11 is 0. The van der Waals surface area contributed by atoms with Gasteiger partial charge < -0.3 is 5.32 Å². The third kappa shape index (κ3) is 4.03. The molecule has 0 aromatic heterocycles. The fourth-order valence-electron chi connectivity index (χ4n) is 1.90. The Labute approximate surface area is 124 Å². The zero-order valence-electron chi connectivity index (χ0n) is 11.6. The van der Waals surface area contributed by atoms with Crippen LogP contribution < -0.4 is 10.0 Å². The Morgan fingerprint density at radius 2 is 1.71 bits per heavy atom. The fraction of sp³-hybridized carbons (Fsp3) is 0.200. The van der Waals surface area contributed by atoms with Crippen LogP contribution in [0.4, 0.5) is 10.1 Å². The summed E-state index contributed by atoms with van der Waals surface area (Å²) in [5.41, 5.74) is 1.26. The molecule has 2 aromatic carbocycles. The van der Waals surface area contributed by atoms with Crippen LogP contribution in [0, 0.1) is 5.82 Å². The topological polar surface area (TPSA) is 58.2 Å². The second-order valence-corrected chi connectivity index (χ2v) is 6.21. The SMILES string of the molecule is CCNc1ccccc1S(=O)(=O)NCc1ccc(F)cc1. The van der Waals surface area contributed by atoms with Crippen molar-refractivity contribution in [3.8, 4) is 0 Å². The van der Waals surface area contributed by atoms with E-state index in [0.717, 1.165) is 0 Å². The van der Waals surface area contributed by atoms with Crippen LogP contribution in [0.1, 0.15) is 12.5 Å². The lowest BCUT2D eigenvalue weighted by atomic mass is 10.2. The largest absolute Gasteiger partial charge is 0.384 e. The Balaban J connectivity index is 2.17. The number of hydrogen-bond acceptors (Lipinski definition) is 3. The zero-order valence-corrected chi connectivity index (χ0v) is 12.5. The Morgan fingerprint density at radius 3 is 2.38 bits per heavy atom. The molecule has 0 aliphatic heterocycles. The van der Waals surface area contributed by atoms with Gasteiger partial charge in [-0.05, 0) is 36.8 Å². The van der Waals surface area contributed by atoms with Crippen LogP contribution in [0.3, 0.4) is 0 Å². The Bertz CT molecular complexity index is 700.